The van der Waals surface area contributed by atoms with Gasteiger partial charge in [0.2, 0.25) is 29.4 Å². The van der Waals surface area contributed by atoms with Crippen LogP contribution in [0.5, 0.6) is 0 Å². The Morgan fingerprint density at radius 1 is 0.565 bits per heavy atom. The predicted molar refractivity (Wildman–Crippen MR) is 258 cm³/mol. The first-order valence-corrected chi connectivity index (χ1v) is 22.2. The third-order valence-corrected chi connectivity index (χ3v) is 10.5. The molecule has 0 aliphatic carbocycles. The Kier molecular flexibility index (Phi) is 18.5. The minimum atomic E-state index is -0.592. The first-order valence-electron chi connectivity index (χ1n) is 22.2. The summed E-state index contributed by atoms with van der Waals surface area (Å²) in [5.41, 5.74) is 7.82. The summed E-state index contributed by atoms with van der Waals surface area (Å²) in [7, 11) is 10.3. The van der Waals surface area contributed by atoms with Gasteiger partial charge in [0.05, 0.1) is 22.8 Å². The first-order chi connectivity index (χ1) is 32.9. The van der Waals surface area contributed by atoms with Gasteiger partial charge in [0.15, 0.2) is 17.5 Å². The van der Waals surface area contributed by atoms with Gasteiger partial charge in [-0.15, -0.1) is 0 Å². The molecule has 0 aliphatic rings. The second kappa shape index (κ2) is 24.6. The van der Waals surface area contributed by atoms with Gasteiger partial charge >= 0.3 is 0 Å². The van der Waals surface area contributed by atoms with Crippen molar-refractivity contribution < 1.29 is 33.6 Å². The molecule has 0 radical (unpaired) electrons. The van der Waals surface area contributed by atoms with E-state index in [0.717, 1.165) is 25.9 Å². The van der Waals surface area contributed by atoms with Crippen molar-refractivity contribution in [2.45, 2.75) is 32.1 Å². The summed E-state index contributed by atoms with van der Waals surface area (Å²) in [6, 6.07) is 3.22. The Morgan fingerprint density at radius 3 is 1.65 bits per heavy atom. The quantitative estimate of drug-likeness (QED) is 0.0338. The summed E-state index contributed by atoms with van der Waals surface area (Å²) in [5.74, 6) is -2.37. The molecule has 370 valence electrons. The van der Waals surface area contributed by atoms with Gasteiger partial charge in [-0.3, -0.25) is 33.6 Å². The number of nitrogens with two attached hydrogens (primary N) is 1. The van der Waals surface area contributed by atoms with E-state index in [1.54, 1.807) is 62.8 Å². The van der Waals surface area contributed by atoms with Crippen LogP contribution in [0.25, 0.3) is 5.70 Å². The van der Waals surface area contributed by atoms with Gasteiger partial charge in [0.1, 0.15) is 5.69 Å². The van der Waals surface area contributed by atoms with Crippen molar-refractivity contribution in [3.05, 3.63) is 84.8 Å². The monoisotopic (exact) mass is 955 g/mol. The molecule has 7 amide bonds. The largest absolute Gasteiger partial charge is 0.383 e. The minimum Gasteiger partial charge on any atom is -0.383 e. The molecule has 25 nitrogen and oxygen atoms in total. The van der Waals surface area contributed by atoms with Gasteiger partial charge in [-0.05, 0) is 51.7 Å². The molecule has 0 unspecified atom stereocenters. The number of carbonyl (C=O) groups excluding carboxylic acids is 7. The maximum absolute atomic E-state index is 13.2. The van der Waals surface area contributed by atoms with Gasteiger partial charge in [-0.1, -0.05) is 6.58 Å². The normalized spacial score (nSPS) is 11.0. The van der Waals surface area contributed by atoms with Crippen molar-refractivity contribution in [1.82, 2.24) is 64.0 Å². The molecule has 0 bridgehead atoms. The van der Waals surface area contributed by atoms with Crippen molar-refractivity contribution in [3.63, 3.8) is 0 Å². The molecule has 5 heterocycles. The molecule has 0 spiro atoms. The molecule has 10 N–H and O–H groups in total. The van der Waals surface area contributed by atoms with Crippen molar-refractivity contribution >= 4 is 70.1 Å². The lowest BCUT2D eigenvalue weighted by Crippen LogP contribution is -2.33. The van der Waals surface area contributed by atoms with E-state index in [1.807, 2.05) is 7.05 Å². The number of hydrogen-bond acceptors (Lipinski definition) is 13. The number of hydrogen-bond donors (Lipinski definition) is 9. The van der Waals surface area contributed by atoms with Crippen molar-refractivity contribution in [1.29, 1.82) is 0 Å². The highest BCUT2D eigenvalue weighted by Gasteiger charge is 2.20. The summed E-state index contributed by atoms with van der Waals surface area (Å²) in [6.45, 7) is 7.26. The third-order valence-electron chi connectivity index (χ3n) is 10.5. The standard InChI is InChI=1S/C44H62N18O7/c1-28(31-22-29(24-59(31)4)51-43(68)38-48-18-21-58(38)3)46-15-11-36(64)54-34-27-62(7)40(56-34)44(69)52-30-23-32(60(5)25-30)41(66)49-17-12-37(65)53-33-26-61(6)39(55-33)42(67)50-16-10-35(63)47-14-9-20-57(2)19-8-13-45/h18,21-27,46H,1,8-17,19-20,45H2,2-7H3,(H,47,63)(H,49,66)(H,50,67)(H,51,68)(H,52,69)(H,53,65)(H,54,64). The van der Waals surface area contributed by atoms with Crippen LogP contribution in [0.3, 0.4) is 0 Å². The Labute approximate surface area is 398 Å². The zero-order valence-electron chi connectivity index (χ0n) is 39.8. The summed E-state index contributed by atoms with van der Waals surface area (Å²) >= 11 is 0. The van der Waals surface area contributed by atoms with Crippen LogP contribution < -0.4 is 48.3 Å². The number of carbonyl (C=O) groups is 7. The van der Waals surface area contributed by atoms with E-state index in [4.69, 9.17) is 5.73 Å². The van der Waals surface area contributed by atoms with Gasteiger partial charge in [0, 0.05) is 118 Å². The molecule has 5 aromatic rings. The lowest BCUT2D eigenvalue weighted by molar-refractivity contribution is -0.121. The molecule has 0 saturated carbocycles. The van der Waals surface area contributed by atoms with E-state index in [9.17, 15) is 33.6 Å². The van der Waals surface area contributed by atoms with E-state index in [-0.39, 0.29) is 91.4 Å². The highest BCUT2D eigenvalue weighted by atomic mass is 16.2. The molecular formula is C44H62N18O7. The summed E-state index contributed by atoms with van der Waals surface area (Å²) in [6.07, 6.45) is 11.2. The number of aromatic nitrogens is 8. The number of nitrogens with zero attached hydrogens (tertiary/aromatic N) is 9. The highest BCUT2D eigenvalue weighted by molar-refractivity contribution is 6.04. The van der Waals surface area contributed by atoms with E-state index < -0.39 is 23.6 Å². The molecule has 5 aromatic heterocycles. The number of anilines is 4. The minimum absolute atomic E-state index is 0.00254. The van der Waals surface area contributed by atoms with Crippen LogP contribution >= 0.6 is 0 Å². The summed E-state index contributed by atoms with van der Waals surface area (Å²) in [4.78, 5) is 104. The van der Waals surface area contributed by atoms with Crippen LogP contribution in [0.1, 0.15) is 80.1 Å². The van der Waals surface area contributed by atoms with Crippen LogP contribution in [0, 0.1) is 0 Å². The fourth-order valence-corrected chi connectivity index (χ4v) is 6.94. The second-order valence-corrected chi connectivity index (χ2v) is 16.3. The SMILES string of the molecule is C=C(NCCC(=O)Nc1cn(C)c(C(=O)Nc2cc(C(=O)NCCC(=O)Nc3cn(C)c(C(=O)NCCC(=O)NCCCN(C)CCCN)n3)n(C)c2)n1)c1cc(NC(=O)c2nccn2C)cn1C. The predicted octanol–water partition coefficient (Wildman–Crippen LogP) is 0.323. The van der Waals surface area contributed by atoms with Crippen LogP contribution in [0.4, 0.5) is 23.0 Å². The van der Waals surface area contributed by atoms with Gasteiger partial charge < -0.3 is 76.0 Å². The fraction of sp³-hybridized carbons (Fsp3) is 0.409. The second-order valence-electron chi connectivity index (χ2n) is 16.3. The average molecular weight is 955 g/mol. The van der Waals surface area contributed by atoms with Gasteiger partial charge in [-0.25, -0.2) is 15.0 Å². The van der Waals surface area contributed by atoms with Crippen LogP contribution in [0.15, 0.2) is 55.9 Å². The Bertz CT molecular complexity index is 2650. The van der Waals surface area contributed by atoms with Gasteiger partial charge in [0.25, 0.3) is 23.6 Å². The lowest BCUT2D eigenvalue weighted by atomic mass is 10.3. The van der Waals surface area contributed by atoms with Crippen LogP contribution in [0.2, 0.25) is 0 Å². The van der Waals surface area contributed by atoms with Crippen LogP contribution in [-0.2, 0) is 49.6 Å². The highest BCUT2D eigenvalue weighted by Crippen LogP contribution is 2.19. The van der Waals surface area contributed by atoms with Crippen molar-refractivity contribution in [3.8, 4) is 0 Å². The van der Waals surface area contributed by atoms with Crippen molar-refractivity contribution in [2.24, 2.45) is 41.0 Å². The average Bonchev–Trinajstić information content (AvgIpc) is 4.13. The van der Waals surface area contributed by atoms with E-state index in [1.165, 1.54) is 44.6 Å². The molecule has 0 saturated heterocycles. The zero-order chi connectivity index (χ0) is 50.2. The maximum Gasteiger partial charge on any atom is 0.291 e. The number of nitrogens with one attached hydrogen (secondary N) is 8. The van der Waals surface area contributed by atoms with Crippen molar-refractivity contribution in [2.75, 3.05) is 74.1 Å². The lowest BCUT2D eigenvalue weighted by Gasteiger charge is -2.15. The Morgan fingerprint density at radius 2 is 1.07 bits per heavy atom. The van der Waals surface area contributed by atoms with E-state index in [2.05, 4.69) is 69.0 Å². The van der Waals surface area contributed by atoms with Gasteiger partial charge in [-0.2, -0.15) is 0 Å². The number of imidazole rings is 3. The molecule has 25 heteroatoms. The number of aryl methyl sites for hydroxylation is 5. The zero-order valence-corrected chi connectivity index (χ0v) is 39.8. The topological polar surface area (TPSA) is 308 Å². The fourth-order valence-electron chi connectivity index (χ4n) is 6.94. The van der Waals surface area contributed by atoms with E-state index >= 15 is 0 Å². The smallest absolute Gasteiger partial charge is 0.291 e. The molecule has 0 fully saturated rings. The van der Waals surface area contributed by atoms with E-state index in [0.29, 0.717) is 35.9 Å². The number of rotatable bonds is 26. The summed E-state index contributed by atoms with van der Waals surface area (Å²) in [5, 5.41) is 22.1. The maximum atomic E-state index is 13.2. The first kappa shape index (κ1) is 51.9. The molecule has 0 aromatic carbocycles. The Balaban J connectivity index is 0.992. The Hall–Kier alpha value is -8.06. The molecule has 0 atom stereocenters. The summed E-state index contributed by atoms with van der Waals surface area (Å²) < 4.78 is 7.81. The molecule has 69 heavy (non-hydrogen) atoms. The molecule has 5 rings (SSSR count). The number of amides is 7. The molecule has 0 aliphatic heterocycles. The molecular weight excluding hydrogens is 893 g/mol. The third kappa shape index (κ3) is 15.2. The van der Waals surface area contributed by atoms with Crippen LogP contribution in [-0.4, -0.2) is 137 Å².